The van der Waals surface area contributed by atoms with Gasteiger partial charge in [0.1, 0.15) is 17.3 Å². The molecule has 7 nitrogen and oxygen atoms in total. The minimum atomic E-state index is -0.293. The van der Waals surface area contributed by atoms with Crippen LogP contribution in [-0.4, -0.2) is 36.2 Å². The first-order valence-electron chi connectivity index (χ1n) is 12.9. The SMILES string of the molecule is Fc1cccc(-c2nccc3[nH]c(-c4n[nH]c5cnc(-c6cncc(OC7CCCCC7)c6)cc45)cc23)c1. The molecule has 38 heavy (non-hydrogen) atoms. The van der Waals surface area contributed by atoms with Gasteiger partial charge in [-0.2, -0.15) is 5.10 Å². The van der Waals surface area contributed by atoms with Crippen LogP contribution in [0.3, 0.4) is 0 Å². The molecule has 1 aliphatic carbocycles. The van der Waals surface area contributed by atoms with E-state index in [1.165, 1.54) is 31.4 Å². The van der Waals surface area contributed by atoms with E-state index in [-0.39, 0.29) is 11.9 Å². The van der Waals surface area contributed by atoms with E-state index in [4.69, 9.17) is 4.74 Å². The first-order chi connectivity index (χ1) is 18.7. The summed E-state index contributed by atoms with van der Waals surface area (Å²) >= 11 is 0. The molecule has 0 bridgehead atoms. The number of pyridine rings is 3. The molecule has 6 aromatic rings. The number of hydrogen-bond donors (Lipinski definition) is 2. The van der Waals surface area contributed by atoms with E-state index in [0.717, 1.165) is 68.6 Å². The smallest absolute Gasteiger partial charge is 0.138 e. The maximum Gasteiger partial charge on any atom is 0.138 e. The minimum Gasteiger partial charge on any atom is -0.489 e. The van der Waals surface area contributed by atoms with Crippen LogP contribution in [0, 0.1) is 5.82 Å². The van der Waals surface area contributed by atoms with Crippen LogP contribution in [0.2, 0.25) is 0 Å². The third-order valence-corrected chi connectivity index (χ3v) is 7.21. The average molecular weight is 505 g/mol. The van der Waals surface area contributed by atoms with E-state index in [1.54, 1.807) is 24.7 Å². The Hall–Kier alpha value is -4.59. The zero-order chi connectivity index (χ0) is 25.5. The second-order valence-electron chi connectivity index (χ2n) is 9.79. The van der Waals surface area contributed by atoms with Crippen LogP contribution in [0.4, 0.5) is 4.39 Å². The van der Waals surface area contributed by atoms with Gasteiger partial charge in [0.15, 0.2) is 0 Å². The predicted octanol–water partition coefficient (Wildman–Crippen LogP) is 7.08. The maximum atomic E-state index is 13.9. The fraction of sp³-hybridized carbons (Fsp3) is 0.200. The molecule has 1 aromatic carbocycles. The van der Waals surface area contributed by atoms with Gasteiger partial charge in [0.05, 0.1) is 41.1 Å². The monoisotopic (exact) mass is 504 g/mol. The second kappa shape index (κ2) is 9.37. The average Bonchev–Trinajstić information content (AvgIpc) is 3.57. The fourth-order valence-corrected chi connectivity index (χ4v) is 5.33. The lowest BCUT2D eigenvalue weighted by Gasteiger charge is -2.22. The molecule has 0 unspecified atom stereocenters. The summed E-state index contributed by atoms with van der Waals surface area (Å²) < 4.78 is 20.1. The summed E-state index contributed by atoms with van der Waals surface area (Å²) in [7, 11) is 0. The van der Waals surface area contributed by atoms with Crippen molar-refractivity contribution >= 4 is 21.8 Å². The van der Waals surface area contributed by atoms with Gasteiger partial charge < -0.3 is 9.72 Å². The second-order valence-corrected chi connectivity index (χ2v) is 9.79. The van der Waals surface area contributed by atoms with Gasteiger partial charge in [0.25, 0.3) is 0 Å². The van der Waals surface area contributed by atoms with Crippen LogP contribution in [0.1, 0.15) is 32.1 Å². The van der Waals surface area contributed by atoms with Crippen LogP contribution < -0.4 is 4.74 Å². The molecular weight excluding hydrogens is 479 g/mol. The summed E-state index contributed by atoms with van der Waals surface area (Å²) in [4.78, 5) is 17.1. The molecule has 8 heteroatoms. The summed E-state index contributed by atoms with van der Waals surface area (Å²) in [5.74, 6) is 0.481. The highest BCUT2D eigenvalue weighted by Gasteiger charge is 2.17. The van der Waals surface area contributed by atoms with Crippen molar-refractivity contribution < 1.29 is 9.13 Å². The number of aromatic amines is 2. The highest BCUT2D eigenvalue weighted by molar-refractivity contribution is 6.00. The van der Waals surface area contributed by atoms with Crippen LogP contribution in [0.25, 0.3) is 55.7 Å². The van der Waals surface area contributed by atoms with Gasteiger partial charge in [-0.1, -0.05) is 18.6 Å². The molecule has 5 aromatic heterocycles. The third-order valence-electron chi connectivity index (χ3n) is 7.21. The van der Waals surface area contributed by atoms with Crippen LogP contribution in [-0.2, 0) is 0 Å². The standard InChI is InChI=1S/C30H25FN6O/c31-20-6-4-5-18(11-20)29-23-14-27(35-25(23)9-10-33-29)30-24-13-26(34-17-28(24)36-37-30)19-12-22(16-32-15-19)38-21-7-2-1-3-8-21/h4-6,9-17,21,35H,1-3,7-8H2,(H,36,37). The lowest BCUT2D eigenvalue weighted by Crippen LogP contribution is -2.19. The summed E-state index contributed by atoms with van der Waals surface area (Å²) in [6, 6.07) is 14.4. The summed E-state index contributed by atoms with van der Waals surface area (Å²) in [6.07, 6.45) is 13.2. The van der Waals surface area contributed by atoms with Gasteiger partial charge in [0.2, 0.25) is 0 Å². The molecular formula is C30H25FN6O. The number of fused-ring (bicyclic) bond motifs is 2. The first-order valence-corrected chi connectivity index (χ1v) is 12.9. The minimum absolute atomic E-state index is 0.255. The summed E-state index contributed by atoms with van der Waals surface area (Å²) in [5, 5.41) is 9.51. The van der Waals surface area contributed by atoms with E-state index in [9.17, 15) is 4.39 Å². The highest BCUT2D eigenvalue weighted by atomic mass is 19.1. The number of aromatic nitrogens is 6. The van der Waals surface area contributed by atoms with Gasteiger partial charge in [-0.25, -0.2) is 4.39 Å². The molecule has 0 amide bonds. The van der Waals surface area contributed by atoms with Crippen molar-refractivity contribution in [1.82, 2.24) is 30.1 Å². The fourth-order valence-electron chi connectivity index (χ4n) is 5.33. The van der Waals surface area contributed by atoms with E-state index in [0.29, 0.717) is 5.69 Å². The zero-order valence-electron chi connectivity index (χ0n) is 20.6. The van der Waals surface area contributed by atoms with E-state index in [1.807, 2.05) is 36.5 Å². The molecule has 1 saturated carbocycles. The molecule has 0 aliphatic heterocycles. The summed E-state index contributed by atoms with van der Waals surface area (Å²) in [6.45, 7) is 0. The normalized spacial score (nSPS) is 14.3. The number of nitrogens with one attached hydrogen (secondary N) is 2. The van der Waals surface area contributed by atoms with Crippen molar-refractivity contribution in [3.05, 3.63) is 79.1 Å². The van der Waals surface area contributed by atoms with Gasteiger partial charge in [-0.05, 0) is 62.1 Å². The van der Waals surface area contributed by atoms with Crippen molar-refractivity contribution in [1.29, 1.82) is 0 Å². The number of ether oxygens (including phenoxy) is 1. The molecule has 1 fully saturated rings. The van der Waals surface area contributed by atoms with Gasteiger partial charge in [-0.15, -0.1) is 0 Å². The van der Waals surface area contributed by atoms with Gasteiger partial charge >= 0.3 is 0 Å². The molecule has 0 saturated heterocycles. The van der Waals surface area contributed by atoms with E-state index >= 15 is 0 Å². The maximum absolute atomic E-state index is 13.9. The molecule has 0 spiro atoms. The largest absolute Gasteiger partial charge is 0.489 e. The summed E-state index contributed by atoms with van der Waals surface area (Å²) in [5.41, 5.74) is 6.45. The quantitative estimate of drug-likeness (QED) is 0.262. The molecule has 5 heterocycles. The van der Waals surface area contributed by atoms with Crippen molar-refractivity contribution in [3.63, 3.8) is 0 Å². The third kappa shape index (κ3) is 4.18. The van der Waals surface area contributed by atoms with Gasteiger partial charge in [0, 0.05) is 39.8 Å². The Bertz CT molecular complexity index is 1770. The van der Waals surface area contributed by atoms with Gasteiger partial charge in [-0.3, -0.25) is 20.1 Å². The Labute approximate surface area is 218 Å². The van der Waals surface area contributed by atoms with E-state index < -0.39 is 0 Å². The van der Waals surface area contributed by atoms with Crippen molar-refractivity contribution in [3.8, 4) is 39.7 Å². The number of benzene rings is 1. The highest BCUT2D eigenvalue weighted by Crippen LogP contribution is 2.34. The van der Waals surface area contributed by atoms with Crippen molar-refractivity contribution in [2.75, 3.05) is 0 Å². The Morgan fingerprint density at radius 3 is 2.61 bits per heavy atom. The molecule has 1 aliphatic rings. The Kier molecular flexibility index (Phi) is 5.57. The Balaban J connectivity index is 1.26. The number of hydrogen-bond acceptors (Lipinski definition) is 5. The zero-order valence-corrected chi connectivity index (χ0v) is 20.6. The lowest BCUT2D eigenvalue weighted by atomic mass is 9.98. The topological polar surface area (TPSA) is 92.4 Å². The van der Waals surface area contributed by atoms with Crippen LogP contribution in [0.5, 0.6) is 5.75 Å². The number of H-pyrrole nitrogens is 2. The lowest BCUT2D eigenvalue weighted by molar-refractivity contribution is 0.154. The van der Waals surface area contributed by atoms with E-state index in [2.05, 4.69) is 30.1 Å². The van der Waals surface area contributed by atoms with Crippen molar-refractivity contribution in [2.45, 2.75) is 38.2 Å². The van der Waals surface area contributed by atoms with Crippen LogP contribution in [0.15, 0.2) is 73.3 Å². The number of rotatable bonds is 5. The molecule has 7 rings (SSSR count). The molecule has 2 N–H and O–H groups in total. The predicted molar refractivity (Wildman–Crippen MR) is 145 cm³/mol. The molecule has 0 atom stereocenters. The van der Waals surface area contributed by atoms with Crippen LogP contribution >= 0.6 is 0 Å². The number of nitrogens with zero attached hydrogens (tertiary/aromatic N) is 4. The first kappa shape index (κ1) is 22.6. The molecule has 188 valence electrons. The molecule has 0 radical (unpaired) electrons. The van der Waals surface area contributed by atoms with Crippen molar-refractivity contribution in [2.24, 2.45) is 0 Å². The Morgan fingerprint density at radius 2 is 1.71 bits per heavy atom. The Morgan fingerprint density at radius 1 is 0.816 bits per heavy atom. The number of halogens is 1.